The van der Waals surface area contributed by atoms with Gasteiger partial charge in [0.25, 0.3) is 0 Å². The maximum atomic E-state index is 8.44. The van der Waals surface area contributed by atoms with Crippen molar-refractivity contribution in [2.45, 2.75) is 0 Å². The summed E-state index contributed by atoms with van der Waals surface area (Å²) in [6.45, 7) is 0. The van der Waals surface area contributed by atoms with Crippen molar-refractivity contribution in [3.05, 3.63) is 14.9 Å². The second kappa shape index (κ2) is 253. The van der Waals surface area contributed by atoms with Crippen molar-refractivity contribution in [1.82, 2.24) is 18.5 Å². The fraction of sp³-hybridized carbons (Fsp3) is 0. The van der Waals surface area contributed by atoms with Gasteiger partial charge in [0, 0.05) is 78.6 Å². The monoisotopic (exact) mass is 699 g/mol. The van der Waals surface area contributed by atoms with Gasteiger partial charge in [-0.3, -0.25) is 0 Å². The first-order valence-electron chi connectivity index (χ1n) is 1.90. The first-order valence-corrected chi connectivity index (χ1v) is 1.90. The maximum Gasteiger partial charge on any atom is 0.249 e. The Morgan fingerprint density at radius 1 is 0.414 bits per heavy atom. The van der Waals surface area contributed by atoms with Crippen LogP contribution >= 0.6 is 0 Å². The number of carboxylic acid groups (broad SMARTS) is 6. The molecule has 0 saturated carbocycles. The Morgan fingerprint density at radius 2 is 0.414 bits per heavy atom. The number of carbonyl (C=O) groups is 3. The van der Waals surface area contributed by atoms with Crippen LogP contribution in [0.25, 0.3) is 0 Å². The molecule has 0 amide bonds. The molecule has 0 aliphatic heterocycles. The number of hydrogen-bond acceptors (Lipinski definition) is 6. The van der Waals surface area contributed by atoms with Crippen LogP contribution in [-0.2, 0) is 78.6 Å². The zero-order chi connectivity index (χ0) is 10.7. The predicted octanol–water partition coefficient (Wildman–Crippen LogP) is -8.74. The number of rotatable bonds is 0. The van der Waals surface area contributed by atoms with Crippen LogP contribution in [0.4, 0.5) is 14.4 Å². The molecule has 24 heteroatoms. The van der Waals surface area contributed by atoms with E-state index < -0.39 is 18.5 Å². The molecule has 0 aromatic carbocycles. The van der Waals surface area contributed by atoms with E-state index in [0.29, 0.717) is 0 Å². The van der Waals surface area contributed by atoms with E-state index in [9.17, 15) is 0 Å². The van der Waals surface area contributed by atoms with Gasteiger partial charge in [0.1, 0.15) is 0 Å². The van der Waals surface area contributed by atoms with E-state index in [4.69, 9.17) is 45.0 Å². The summed E-state index contributed by atoms with van der Waals surface area (Å²) in [5.41, 5.74) is 0. The molecule has 21 nitrogen and oxygen atoms in total. The molecule has 0 aromatic rings. The fourth-order valence-corrected chi connectivity index (χ4v) is 0. The van der Waals surface area contributed by atoms with Gasteiger partial charge in [-0.1, -0.05) is 0 Å². The van der Waals surface area contributed by atoms with Crippen LogP contribution in [0.15, 0.2) is 0 Å². The summed E-state index contributed by atoms with van der Waals surface area (Å²) in [7, 11) is 0. The quantitative estimate of drug-likeness (QED) is 0.130. The third-order valence-electron chi connectivity index (χ3n) is 0. The SMILES string of the molecule is O.O.O.O.O.O.O.O.O.O=C([O-])O.O=C([O-])O.O=C([O-])O.[CH3-].[CH3-].[NH4+].[NH4+].[NH4+].[Zr].[Zr].[Zr]. The molecular formula is C5H39N3O18Zr3-2. The van der Waals surface area contributed by atoms with Crippen LogP contribution in [0, 0.1) is 14.9 Å². The van der Waals surface area contributed by atoms with Gasteiger partial charge in [-0.05, 0) is 0 Å². The Bertz CT molecular complexity index is 142. The molecule has 29 heavy (non-hydrogen) atoms. The zero-order valence-corrected chi connectivity index (χ0v) is 23.7. The summed E-state index contributed by atoms with van der Waals surface area (Å²) in [6, 6.07) is 0. The Morgan fingerprint density at radius 3 is 0.414 bits per heavy atom. The molecule has 196 valence electrons. The van der Waals surface area contributed by atoms with Crippen molar-refractivity contribution < 1.29 is 173 Å². The number of quaternary nitrogens is 3. The van der Waals surface area contributed by atoms with Crippen molar-refractivity contribution in [3.8, 4) is 0 Å². The van der Waals surface area contributed by atoms with Gasteiger partial charge in [-0.15, -0.1) is 0 Å². The molecule has 0 saturated heterocycles. The first kappa shape index (κ1) is 281. The van der Waals surface area contributed by atoms with E-state index in [1.54, 1.807) is 0 Å². The molecule has 0 atom stereocenters. The Kier molecular flexibility index (Phi) is 2450. The topological polar surface area (TPSA) is 574 Å². The summed E-state index contributed by atoms with van der Waals surface area (Å²) in [4.78, 5) is 25.3. The largest absolute Gasteiger partial charge is 0.565 e. The van der Waals surface area contributed by atoms with Crippen LogP contribution in [0.3, 0.4) is 0 Å². The van der Waals surface area contributed by atoms with Crippen molar-refractivity contribution in [3.63, 3.8) is 0 Å². The fourth-order valence-electron chi connectivity index (χ4n) is 0. The average molecular weight is 703 g/mol. The number of hydrogen-bond donors (Lipinski definition) is 6. The summed E-state index contributed by atoms with van der Waals surface area (Å²) in [5, 5.41) is 45.9. The van der Waals surface area contributed by atoms with Crippen molar-refractivity contribution in [2.24, 2.45) is 0 Å². The smallest absolute Gasteiger partial charge is 0.249 e. The normalized spacial score (nSPS) is 2.48. The Balaban J connectivity index is -0.00000000180. The Labute approximate surface area is 223 Å². The average Bonchev–Trinajstić information content (AvgIpc) is 1.54. The second-order valence-electron chi connectivity index (χ2n) is 0.798. The minimum absolute atomic E-state index is 0. The van der Waals surface area contributed by atoms with E-state index >= 15 is 0 Å². The summed E-state index contributed by atoms with van der Waals surface area (Å²) < 4.78 is 0. The molecule has 0 bridgehead atoms. The maximum absolute atomic E-state index is 8.44. The van der Waals surface area contributed by atoms with Gasteiger partial charge < -0.3 is 128 Å². The molecule has 0 heterocycles. The third kappa shape index (κ3) is 44300000. The Hall–Kier alpha value is -0.0206. The molecule has 0 unspecified atom stereocenters. The van der Waals surface area contributed by atoms with Gasteiger partial charge in [0.2, 0.25) is 18.5 Å². The van der Waals surface area contributed by atoms with Crippen molar-refractivity contribution >= 4 is 18.5 Å². The van der Waals surface area contributed by atoms with E-state index in [0.717, 1.165) is 0 Å². The van der Waals surface area contributed by atoms with Gasteiger partial charge in [-0.2, -0.15) is 0 Å². The minimum Gasteiger partial charge on any atom is -0.565 e. The summed E-state index contributed by atoms with van der Waals surface area (Å²) >= 11 is 0. The zero-order valence-electron chi connectivity index (χ0n) is 16.3. The standard InChI is InChI=1S/3CH2O3.2CH3.3H3N.9H2O.3Zr/c3*2-1(3)4;;;;;;;;;;;;;;;;;/h3*(H2,2,3,4);5*1H3;9*1H2;;;/q;;;2*-1;;;;;;;;;;;;;;;. The molecular weight excluding hydrogens is 664 g/mol. The van der Waals surface area contributed by atoms with Crippen LogP contribution in [0.5, 0.6) is 0 Å². The van der Waals surface area contributed by atoms with Crippen LogP contribution in [0.2, 0.25) is 0 Å². The first-order chi connectivity index (χ1) is 5.20. The van der Waals surface area contributed by atoms with Gasteiger partial charge in [0.15, 0.2) is 0 Å². The van der Waals surface area contributed by atoms with Crippen LogP contribution < -0.4 is 33.8 Å². The predicted molar refractivity (Wildman–Crippen MR) is 87.4 cm³/mol. The van der Waals surface area contributed by atoms with Gasteiger partial charge in [-0.25, -0.2) is 0 Å². The minimum atomic E-state index is -2.08. The van der Waals surface area contributed by atoms with Crippen LogP contribution in [-0.4, -0.2) is 83.1 Å². The molecule has 0 aliphatic rings. The second-order valence-corrected chi connectivity index (χ2v) is 0.798. The molecule has 0 radical (unpaired) electrons. The van der Waals surface area contributed by atoms with E-state index in [1.807, 2.05) is 0 Å². The van der Waals surface area contributed by atoms with Crippen molar-refractivity contribution in [1.29, 1.82) is 0 Å². The molecule has 0 rings (SSSR count). The molecule has 0 aromatic heterocycles. The molecule has 33 N–H and O–H groups in total. The van der Waals surface area contributed by atoms with Gasteiger partial charge >= 0.3 is 0 Å². The molecule has 0 spiro atoms. The van der Waals surface area contributed by atoms with E-state index in [2.05, 4.69) is 0 Å². The van der Waals surface area contributed by atoms with Gasteiger partial charge in [0.05, 0.1) is 0 Å². The van der Waals surface area contributed by atoms with E-state index in [-0.39, 0.29) is 161 Å². The third-order valence-corrected chi connectivity index (χ3v) is 0. The summed E-state index contributed by atoms with van der Waals surface area (Å²) in [5.74, 6) is 0. The van der Waals surface area contributed by atoms with Crippen molar-refractivity contribution in [2.75, 3.05) is 0 Å². The molecule has 0 aliphatic carbocycles. The molecule has 0 fully saturated rings. The van der Waals surface area contributed by atoms with E-state index in [1.165, 1.54) is 0 Å². The van der Waals surface area contributed by atoms with Crippen LogP contribution in [0.1, 0.15) is 0 Å². The summed E-state index contributed by atoms with van der Waals surface area (Å²) in [6.07, 6.45) is -6.25.